The first-order chi connectivity index (χ1) is 15.0. The summed E-state index contributed by atoms with van der Waals surface area (Å²) in [6.07, 6.45) is 12.3. The Kier molecular flexibility index (Phi) is 12.9. The van der Waals surface area contributed by atoms with E-state index in [2.05, 4.69) is 93.0 Å². The second-order valence-electron chi connectivity index (χ2n) is 7.64. The molecule has 0 radical (unpaired) electrons. The lowest BCUT2D eigenvalue weighted by Crippen LogP contribution is -2.26. The predicted octanol–water partition coefficient (Wildman–Crippen LogP) is 6.36. The highest BCUT2D eigenvalue weighted by Crippen LogP contribution is 2.21. The Morgan fingerprint density at radius 3 is 2.19 bits per heavy atom. The SMILES string of the molecule is C=C\C(=C/C=C(/C=C(\CCN)C(=C)N(CCC)CCC)CN=C)c1ccc(CC)cc1. The van der Waals surface area contributed by atoms with Crippen LogP contribution in [0.2, 0.25) is 0 Å². The zero-order chi connectivity index (χ0) is 23.1. The molecule has 2 N–H and O–H groups in total. The molecule has 0 amide bonds. The van der Waals surface area contributed by atoms with E-state index in [9.17, 15) is 0 Å². The number of hydrogen-bond donors (Lipinski definition) is 1. The van der Waals surface area contributed by atoms with Gasteiger partial charge in [0.25, 0.3) is 0 Å². The molecular weight excluding hydrogens is 378 g/mol. The van der Waals surface area contributed by atoms with Crippen molar-refractivity contribution in [3.05, 3.63) is 89.7 Å². The maximum absolute atomic E-state index is 5.93. The normalized spacial score (nSPS) is 12.6. The minimum Gasteiger partial charge on any atom is -0.372 e. The van der Waals surface area contributed by atoms with Crippen molar-refractivity contribution < 1.29 is 0 Å². The summed E-state index contributed by atoms with van der Waals surface area (Å²) >= 11 is 0. The molecule has 0 bridgehead atoms. The van der Waals surface area contributed by atoms with Gasteiger partial charge in [-0.05, 0) is 66.8 Å². The van der Waals surface area contributed by atoms with Gasteiger partial charge in [-0.25, -0.2) is 0 Å². The molecule has 0 saturated heterocycles. The van der Waals surface area contributed by atoms with Crippen LogP contribution in [0.5, 0.6) is 0 Å². The van der Waals surface area contributed by atoms with E-state index >= 15 is 0 Å². The number of aliphatic imine (C=N–C) groups is 1. The zero-order valence-electron chi connectivity index (χ0n) is 19.9. The van der Waals surface area contributed by atoms with Crippen molar-refractivity contribution in [3.63, 3.8) is 0 Å². The summed E-state index contributed by atoms with van der Waals surface area (Å²) in [5.41, 5.74) is 12.8. The molecule has 0 spiro atoms. The van der Waals surface area contributed by atoms with E-state index in [4.69, 9.17) is 5.73 Å². The third-order valence-corrected chi connectivity index (χ3v) is 5.20. The first-order valence-electron chi connectivity index (χ1n) is 11.4. The molecule has 0 heterocycles. The van der Waals surface area contributed by atoms with E-state index in [-0.39, 0.29) is 0 Å². The van der Waals surface area contributed by atoms with Crippen molar-refractivity contribution in [2.45, 2.75) is 46.5 Å². The number of hydrogen-bond acceptors (Lipinski definition) is 3. The van der Waals surface area contributed by atoms with Gasteiger partial charge in [0, 0.05) is 18.8 Å². The number of rotatable bonds is 15. The number of nitrogens with zero attached hydrogens (tertiary/aromatic N) is 2. The molecule has 1 aromatic carbocycles. The van der Waals surface area contributed by atoms with Crippen LogP contribution >= 0.6 is 0 Å². The second-order valence-corrected chi connectivity index (χ2v) is 7.64. The summed E-state index contributed by atoms with van der Waals surface area (Å²) < 4.78 is 0. The van der Waals surface area contributed by atoms with Crippen molar-refractivity contribution in [1.82, 2.24) is 4.90 Å². The fourth-order valence-corrected chi connectivity index (χ4v) is 3.49. The van der Waals surface area contributed by atoms with E-state index in [1.807, 2.05) is 6.08 Å². The third-order valence-electron chi connectivity index (χ3n) is 5.20. The predicted molar refractivity (Wildman–Crippen MR) is 140 cm³/mol. The Morgan fingerprint density at radius 2 is 1.71 bits per heavy atom. The van der Waals surface area contributed by atoms with Crippen LogP contribution in [0, 0.1) is 0 Å². The molecule has 1 aromatic rings. The van der Waals surface area contributed by atoms with Crippen LogP contribution in [0.4, 0.5) is 0 Å². The van der Waals surface area contributed by atoms with Gasteiger partial charge < -0.3 is 10.6 Å². The fourth-order valence-electron chi connectivity index (χ4n) is 3.49. The highest BCUT2D eigenvalue weighted by atomic mass is 15.1. The lowest BCUT2D eigenvalue weighted by atomic mass is 10.0. The summed E-state index contributed by atoms with van der Waals surface area (Å²) in [6, 6.07) is 8.64. The summed E-state index contributed by atoms with van der Waals surface area (Å²) in [4.78, 5) is 6.49. The van der Waals surface area contributed by atoms with Gasteiger partial charge in [-0.2, -0.15) is 0 Å². The molecule has 168 valence electrons. The third kappa shape index (κ3) is 8.94. The summed E-state index contributed by atoms with van der Waals surface area (Å²) in [5.74, 6) is 0. The van der Waals surface area contributed by atoms with Crippen LogP contribution < -0.4 is 5.73 Å². The van der Waals surface area contributed by atoms with Gasteiger partial charge in [0.1, 0.15) is 0 Å². The number of aryl methyl sites for hydroxylation is 1. The molecular formula is C28H41N3. The Labute approximate surface area is 190 Å². The van der Waals surface area contributed by atoms with Gasteiger partial charge in [-0.1, -0.05) is 82.5 Å². The second kappa shape index (κ2) is 15.2. The van der Waals surface area contributed by atoms with E-state index in [1.54, 1.807) is 0 Å². The quantitative estimate of drug-likeness (QED) is 0.266. The fraction of sp³-hybridized carbons (Fsp3) is 0.393. The van der Waals surface area contributed by atoms with Crippen LogP contribution in [0.1, 0.15) is 51.2 Å². The van der Waals surface area contributed by atoms with Gasteiger partial charge in [0.15, 0.2) is 0 Å². The van der Waals surface area contributed by atoms with Gasteiger partial charge in [-0.15, -0.1) is 0 Å². The maximum Gasteiger partial charge on any atom is 0.0632 e. The Morgan fingerprint density at radius 1 is 1.06 bits per heavy atom. The molecule has 31 heavy (non-hydrogen) atoms. The van der Waals surface area contributed by atoms with Crippen molar-refractivity contribution in [3.8, 4) is 0 Å². The van der Waals surface area contributed by atoms with E-state index in [0.29, 0.717) is 13.1 Å². The Balaban J connectivity index is 3.28. The van der Waals surface area contributed by atoms with Crippen molar-refractivity contribution >= 4 is 12.3 Å². The first kappa shape index (κ1) is 26.4. The summed E-state index contributed by atoms with van der Waals surface area (Å²) in [7, 11) is 0. The molecule has 0 fully saturated rings. The Bertz CT molecular complexity index is 788. The van der Waals surface area contributed by atoms with Gasteiger partial charge >= 0.3 is 0 Å². The first-order valence-corrected chi connectivity index (χ1v) is 11.4. The van der Waals surface area contributed by atoms with Crippen molar-refractivity contribution in [2.24, 2.45) is 10.7 Å². The molecule has 1 rings (SSSR count). The number of nitrogens with two attached hydrogens (primary N) is 1. The summed E-state index contributed by atoms with van der Waals surface area (Å²) in [5, 5.41) is 0. The molecule has 0 aliphatic rings. The van der Waals surface area contributed by atoms with E-state index < -0.39 is 0 Å². The van der Waals surface area contributed by atoms with Crippen molar-refractivity contribution in [2.75, 3.05) is 26.2 Å². The lowest BCUT2D eigenvalue weighted by molar-refractivity contribution is 0.350. The largest absolute Gasteiger partial charge is 0.372 e. The molecule has 3 nitrogen and oxygen atoms in total. The average Bonchev–Trinajstić information content (AvgIpc) is 2.79. The summed E-state index contributed by atoms with van der Waals surface area (Å²) in [6.45, 7) is 21.8. The highest BCUT2D eigenvalue weighted by Gasteiger charge is 2.11. The molecule has 0 unspecified atom stereocenters. The molecule has 0 aliphatic carbocycles. The van der Waals surface area contributed by atoms with Gasteiger partial charge in [-0.3, -0.25) is 4.99 Å². The van der Waals surface area contributed by atoms with Gasteiger partial charge in [0.05, 0.1) is 6.54 Å². The minimum absolute atomic E-state index is 0.540. The molecule has 0 saturated carbocycles. The van der Waals surface area contributed by atoms with Crippen molar-refractivity contribution in [1.29, 1.82) is 0 Å². The lowest BCUT2D eigenvalue weighted by Gasteiger charge is -2.28. The topological polar surface area (TPSA) is 41.6 Å². The highest BCUT2D eigenvalue weighted by molar-refractivity contribution is 5.75. The van der Waals surface area contributed by atoms with Crippen LogP contribution in [0.25, 0.3) is 5.57 Å². The van der Waals surface area contributed by atoms with Crippen LogP contribution in [-0.4, -0.2) is 37.8 Å². The Hall–Kier alpha value is -2.65. The minimum atomic E-state index is 0.540. The molecule has 0 aromatic heterocycles. The monoisotopic (exact) mass is 419 g/mol. The molecule has 0 atom stereocenters. The standard InChI is InChI=1S/C28H41N3/c1-7-19-31(20-8-2)23(5)28(17-18-29)21-25(22-30-6)13-14-26(10-4)27-15-11-24(9-3)12-16-27/h10-16,21H,4-9,17-20,22,29H2,1-3H3/b25-13-,26-14+,28-21+. The molecule has 0 aliphatic heterocycles. The van der Waals surface area contributed by atoms with E-state index in [1.165, 1.54) is 11.1 Å². The zero-order valence-corrected chi connectivity index (χ0v) is 19.9. The van der Waals surface area contributed by atoms with Gasteiger partial charge in [0.2, 0.25) is 0 Å². The van der Waals surface area contributed by atoms with E-state index in [0.717, 1.165) is 61.2 Å². The number of benzene rings is 1. The smallest absolute Gasteiger partial charge is 0.0632 e. The number of allylic oxidation sites excluding steroid dienone is 5. The van der Waals surface area contributed by atoms with Crippen LogP contribution in [-0.2, 0) is 6.42 Å². The maximum atomic E-state index is 5.93. The molecule has 3 heteroatoms. The van der Waals surface area contributed by atoms with Crippen LogP contribution in [0.15, 0.2) is 83.6 Å². The average molecular weight is 420 g/mol. The van der Waals surface area contributed by atoms with Crippen LogP contribution in [0.3, 0.4) is 0 Å².